The summed E-state index contributed by atoms with van der Waals surface area (Å²) in [6.07, 6.45) is -3.38. The van der Waals surface area contributed by atoms with Gasteiger partial charge >= 0.3 is 8.25 Å². The second-order valence-corrected chi connectivity index (χ2v) is 7.05. The second kappa shape index (κ2) is 8.46. The SMILES string of the molecule is O=C(Nc1ncnc2c1ncn2[C@@H]1O[C@H](CO)[C@@H](F)[C@H]1O[P+](=O)O)c1ccccc1. The van der Waals surface area contributed by atoms with Crippen LogP contribution in [0.15, 0.2) is 43.0 Å². The van der Waals surface area contributed by atoms with Gasteiger partial charge in [-0.3, -0.25) is 9.36 Å². The molecule has 0 spiro atoms. The molecule has 3 aromatic rings. The molecule has 1 fully saturated rings. The van der Waals surface area contributed by atoms with Crippen molar-refractivity contribution in [1.29, 1.82) is 0 Å². The van der Waals surface area contributed by atoms with E-state index in [1.165, 1.54) is 17.2 Å². The number of aliphatic hydroxyl groups is 1. The minimum atomic E-state index is -3.13. The molecular weight excluding hydrogens is 420 g/mol. The number of benzene rings is 1. The normalized spacial score (nSPS) is 24.2. The van der Waals surface area contributed by atoms with Crippen LogP contribution >= 0.6 is 8.25 Å². The van der Waals surface area contributed by atoms with E-state index in [0.29, 0.717) is 5.56 Å². The molecule has 3 N–H and O–H groups in total. The molecule has 0 bridgehead atoms. The number of fused-ring (bicyclic) bond motifs is 1. The highest BCUT2D eigenvalue weighted by molar-refractivity contribution is 7.32. The molecule has 2 aromatic heterocycles. The molecule has 30 heavy (non-hydrogen) atoms. The maximum Gasteiger partial charge on any atom is 0.695 e. The van der Waals surface area contributed by atoms with Crippen LogP contribution in [0.1, 0.15) is 16.6 Å². The zero-order chi connectivity index (χ0) is 21.3. The van der Waals surface area contributed by atoms with Crippen molar-refractivity contribution in [3.63, 3.8) is 0 Å². The van der Waals surface area contributed by atoms with Gasteiger partial charge in [0.15, 0.2) is 35.5 Å². The Morgan fingerprint density at radius 2 is 2.07 bits per heavy atom. The average Bonchev–Trinajstić information content (AvgIpc) is 3.30. The number of aromatic nitrogens is 4. The zero-order valence-corrected chi connectivity index (χ0v) is 16.1. The van der Waals surface area contributed by atoms with Crippen molar-refractivity contribution in [2.24, 2.45) is 0 Å². The quantitative estimate of drug-likeness (QED) is 0.487. The molecule has 13 heteroatoms. The van der Waals surface area contributed by atoms with Gasteiger partial charge in [0.2, 0.25) is 0 Å². The number of nitrogens with one attached hydrogen (secondary N) is 1. The molecule has 4 rings (SSSR count). The first-order valence-corrected chi connectivity index (χ1v) is 9.90. The lowest BCUT2D eigenvalue weighted by atomic mass is 10.1. The molecule has 11 nitrogen and oxygen atoms in total. The lowest BCUT2D eigenvalue weighted by molar-refractivity contribution is -0.0458. The molecule has 0 aliphatic carbocycles. The Labute approximate surface area is 169 Å². The van der Waals surface area contributed by atoms with Gasteiger partial charge in [0.25, 0.3) is 5.91 Å². The Bertz CT molecular complexity index is 1080. The van der Waals surface area contributed by atoms with Crippen molar-refractivity contribution < 1.29 is 33.0 Å². The van der Waals surface area contributed by atoms with E-state index >= 15 is 0 Å². The van der Waals surface area contributed by atoms with Crippen molar-refractivity contribution in [3.8, 4) is 0 Å². The number of rotatable bonds is 6. The van der Waals surface area contributed by atoms with Crippen LogP contribution in [0.4, 0.5) is 10.2 Å². The van der Waals surface area contributed by atoms with Crippen LogP contribution in [-0.4, -0.2) is 60.4 Å². The maximum atomic E-state index is 14.5. The lowest BCUT2D eigenvalue weighted by Crippen LogP contribution is -2.30. The Balaban J connectivity index is 1.67. The monoisotopic (exact) mass is 436 g/mol. The number of anilines is 1. The minimum Gasteiger partial charge on any atom is -0.394 e. The fraction of sp³-hybridized carbons (Fsp3) is 0.294. The summed E-state index contributed by atoms with van der Waals surface area (Å²) < 4.78 is 37.2. The van der Waals surface area contributed by atoms with E-state index in [9.17, 15) is 18.9 Å². The topological polar surface area (TPSA) is 149 Å². The average molecular weight is 436 g/mol. The van der Waals surface area contributed by atoms with Gasteiger partial charge in [0.1, 0.15) is 12.4 Å². The van der Waals surface area contributed by atoms with Crippen LogP contribution in [0.5, 0.6) is 0 Å². The Morgan fingerprint density at radius 1 is 1.30 bits per heavy atom. The number of hydrogen-bond acceptors (Lipinski definition) is 8. The van der Waals surface area contributed by atoms with E-state index < -0.39 is 45.4 Å². The van der Waals surface area contributed by atoms with Crippen LogP contribution in [0.3, 0.4) is 0 Å². The first-order valence-electron chi connectivity index (χ1n) is 8.77. The maximum absolute atomic E-state index is 14.5. The highest BCUT2D eigenvalue weighted by atomic mass is 31.1. The number of amides is 1. The molecule has 1 aromatic carbocycles. The molecule has 3 heterocycles. The number of halogens is 1. The van der Waals surface area contributed by atoms with Gasteiger partial charge < -0.3 is 15.2 Å². The second-order valence-electron chi connectivity index (χ2n) is 6.37. The van der Waals surface area contributed by atoms with Crippen LogP contribution in [0.25, 0.3) is 11.2 Å². The standard InChI is InChI=1S/C17H15FN5O6P/c18-11-10(6-24)28-17(13(11)29-30(26)27)23-8-21-12-14(19-7-20-15(12)23)22-16(25)9-4-2-1-3-5-9/h1-5,7-8,10-11,13,17,24H,6H2,(H-,19,20,22,25,26,27)/p+1/t10-,11-,13-,17-/m1/s1. The summed E-state index contributed by atoms with van der Waals surface area (Å²) in [7, 11) is -3.13. The molecular formula is C17H16FN5O6P+. The molecule has 1 aliphatic heterocycles. The van der Waals surface area contributed by atoms with Crippen LogP contribution in [-0.2, 0) is 13.8 Å². The van der Waals surface area contributed by atoms with Gasteiger partial charge in [0, 0.05) is 10.1 Å². The largest absolute Gasteiger partial charge is 0.695 e. The number of alkyl halides is 1. The van der Waals surface area contributed by atoms with Crippen LogP contribution in [0.2, 0.25) is 0 Å². The summed E-state index contributed by atoms with van der Waals surface area (Å²) in [5, 5.41) is 12.0. The fourth-order valence-electron chi connectivity index (χ4n) is 3.18. The number of hydrogen-bond donors (Lipinski definition) is 3. The number of carbonyl (C=O) groups is 1. The predicted molar refractivity (Wildman–Crippen MR) is 100 cm³/mol. The third-order valence-electron chi connectivity index (χ3n) is 4.56. The van der Waals surface area contributed by atoms with Gasteiger partial charge in [0.05, 0.1) is 12.9 Å². The number of imidazole rings is 1. The predicted octanol–water partition coefficient (Wildman–Crippen LogP) is 1.34. The van der Waals surface area contributed by atoms with Gasteiger partial charge in [-0.25, -0.2) is 19.3 Å². The van der Waals surface area contributed by atoms with E-state index in [4.69, 9.17) is 14.2 Å². The molecule has 1 unspecified atom stereocenters. The van der Waals surface area contributed by atoms with Crippen molar-refractivity contribution >= 4 is 31.1 Å². The van der Waals surface area contributed by atoms with Crippen molar-refractivity contribution in [2.45, 2.75) is 24.6 Å². The molecule has 0 radical (unpaired) electrons. The third-order valence-corrected chi connectivity index (χ3v) is 4.98. The van der Waals surface area contributed by atoms with E-state index in [1.54, 1.807) is 30.3 Å². The summed E-state index contributed by atoms with van der Waals surface area (Å²) in [5.74, 6) is -0.295. The summed E-state index contributed by atoms with van der Waals surface area (Å²) >= 11 is 0. The molecule has 156 valence electrons. The third kappa shape index (κ3) is 3.78. The smallest absolute Gasteiger partial charge is 0.394 e. The fourth-order valence-corrected chi connectivity index (χ4v) is 3.61. The van der Waals surface area contributed by atoms with Gasteiger partial charge in [-0.05, 0) is 12.1 Å². The summed E-state index contributed by atoms with van der Waals surface area (Å²) in [6.45, 7) is -0.653. The molecule has 1 aliphatic rings. The number of nitrogens with zero attached hydrogens (tertiary/aromatic N) is 4. The van der Waals surface area contributed by atoms with Gasteiger partial charge in [-0.1, -0.05) is 18.2 Å². The number of aliphatic hydroxyl groups excluding tert-OH is 1. The summed E-state index contributed by atoms with van der Waals surface area (Å²) in [6, 6.07) is 8.47. The van der Waals surface area contributed by atoms with Gasteiger partial charge in [-0.2, -0.15) is 0 Å². The van der Waals surface area contributed by atoms with Crippen LogP contribution < -0.4 is 5.32 Å². The highest BCUT2D eigenvalue weighted by Gasteiger charge is 2.51. The van der Waals surface area contributed by atoms with Crippen molar-refractivity contribution in [1.82, 2.24) is 19.5 Å². The van der Waals surface area contributed by atoms with E-state index in [1.807, 2.05) is 0 Å². The Hall–Kier alpha value is -2.89. The zero-order valence-electron chi connectivity index (χ0n) is 15.2. The summed E-state index contributed by atoms with van der Waals surface area (Å²) in [4.78, 5) is 33.8. The molecule has 1 amide bonds. The first-order chi connectivity index (χ1) is 14.5. The first kappa shape index (κ1) is 20.4. The number of ether oxygens (including phenoxy) is 1. The minimum absolute atomic E-state index is 0.117. The van der Waals surface area contributed by atoms with E-state index in [0.717, 1.165) is 0 Å². The summed E-state index contributed by atoms with van der Waals surface area (Å²) in [5.41, 5.74) is 0.778. The van der Waals surface area contributed by atoms with Crippen molar-refractivity contribution in [2.75, 3.05) is 11.9 Å². The van der Waals surface area contributed by atoms with E-state index in [2.05, 4.69) is 20.3 Å². The molecule has 1 saturated heterocycles. The van der Waals surface area contributed by atoms with Gasteiger partial charge in [-0.15, -0.1) is 9.42 Å². The van der Waals surface area contributed by atoms with E-state index in [-0.39, 0.29) is 17.0 Å². The Morgan fingerprint density at radius 3 is 2.77 bits per heavy atom. The number of carbonyl (C=O) groups excluding carboxylic acids is 1. The highest BCUT2D eigenvalue weighted by Crippen LogP contribution is 2.39. The molecule has 5 atom stereocenters. The van der Waals surface area contributed by atoms with Crippen LogP contribution in [0, 0.1) is 0 Å². The Kier molecular flexibility index (Phi) is 5.75. The van der Waals surface area contributed by atoms with Crippen molar-refractivity contribution in [3.05, 3.63) is 48.5 Å². The molecule has 0 saturated carbocycles. The lowest BCUT2D eigenvalue weighted by Gasteiger charge is -2.16.